The van der Waals surface area contributed by atoms with E-state index in [2.05, 4.69) is 13.8 Å². The van der Waals surface area contributed by atoms with Crippen molar-refractivity contribution in [1.82, 2.24) is 0 Å². The first kappa shape index (κ1) is 9.01. The normalized spacial score (nSPS) is 39.0. The molecule has 0 N–H and O–H groups in total. The summed E-state index contributed by atoms with van der Waals surface area (Å²) in [6, 6.07) is 0. The van der Waals surface area contributed by atoms with Crippen molar-refractivity contribution in [2.45, 2.75) is 45.5 Å². The van der Waals surface area contributed by atoms with Gasteiger partial charge in [0.25, 0.3) is 0 Å². The van der Waals surface area contributed by atoms with E-state index in [1.165, 1.54) is 6.42 Å². The average molecular weight is 158 g/mol. The van der Waals surface area contributed by atoms with Gasteiger partial charge in [0.05, 0.1) is 6.10 Å². The van der Waals surface area contributed by atoms with Crippen LogP contribution in [0, 0.1) is 5.92 Å². The van der Waals surface area contributed by atoms with Crippen LogP contribution in [0.4, 0.5) is 0 Å². The summed E-state index contributed by atoms with van der Waals surface area (Å²) in [4.78, 5) is 0. The Morgan fingerprint density at radius 3 is 2.73 bits per heavy atom. The van der Waals surface area contributed by atoms with Gasteiger partial charge in [-0.2, -0.15) is 0 Å². The van der Waals surface area contributed by atoms with Gasteiger partial charge in [0.2, 0.25) is 0 Å². The Morgan fingerprint density at radius 1 is 1.45 bits per heavy atom. The van der Waals surface area contributed by atoms with Crippen LogP contribution in [0.2, 0.25) is 0 Å². The highest BCUT2D eigenvalue weighted by atomic mass is 16.7. The van der Waals surface area contributed by atoms with E-state index < -0.39 is 0 Å². The smallest absolute Gasteiger partial charge is 0.157 e. The summed E-state index contributed by atoms with van der Waals surface area (Å²) in [7, 11) is 1.72. The van der Waals surface area contributed by atoms with E-state index in [1.807, 2.05) is 0 Å². The van der Waals surface area contributed by atoms with Gasteiger partial charge >= 0.3 is 0 Å². The van der Waals surface area contributed by atoms with Crippen LogP contribution in [0.15, 0.2) is 0 Å². The maximum absolute atomic E-state index is 5.63. The van der Waals surface area contributed by atoms with E-state index in [4.69, 9.17) is 9.47 Å². The molecule has 0 aromatic carbocycles. The lowest BCUT2D eigenvalue weighted by Crippen LogP contribution is -2.32. The minimum Gasteiger partial charge on any atom is -0.356 e. The van der Waals surface area contributed by atoms with Crippen LogP contribution in [0.25, 0.3) is 0 Å². The minimum atomic E-state index is 0.0451. The summed E-state index contributed by atoms with van der Waals surface area (Å²) in [6.45, 7) is 4.42. The first-order chi connectivity index (χ1) is 5.26. The Morgan fingerprint density at radius 2 is 2.18 bits per heavy atom. The maximum atomic E-state index is 5.63. The molecule has 3 atom stereocenters. The molecule has 1 aliphatic heterocycles. The third kappa shape index (κ3) is 2.46. The largest absolute Gasteiger partial charge is 0.356 e. The number of methoxy groups -OCH3 is 1. The standard InChI is InChI=1S/C9H18O2/c1-4-8-5-7(2)6-9(10-3)11-8/h7-9H,4-6H2,1-3H3. The van der Waals surface area contributed by atoms with E-state index in [9.17, 15) is 0 Å². The highest BCUT2D eigenvalue weighted by Gasteiger charge is 2.25. The third-order valence-electron chi connectivity index (χ3n) is 2.32. The molecule has 0 amide bonds. The summed E-state index contributed by atoms with van der Waals surface area (Å²) in [5.74, 6) is 0.749. The van der Waals surface area contributed by atoms with Crippen molar-refractivity contribution < 1.29 is 9.47 Å². The van der Waals surface area contributed by atoms with E-state index >= 15 is 0 Å². The van der Waals surface area contributed by atoms with Crippen LogP contribution in [0.3, 0.4) is 0 Å². The van der Waals surface area contributed by atoms with Crippen molar-refractivity contribution in [1.29, 1.82) is 0 Å². The van der Waals surface area contributed by atoms with E-state index in [0.717, 1.165) is 18.8 Å². The molecule has 1 aliphatic rings. The molecule has 0 aromatic rings. The van der Waals surface area contributed by atoms with Gasteiger partial charge < -0.3 is 9.47 Å². The lowest BCUT2D eigenvalue weighted by molar-refractivity contribution is -0.191. The summed E-state index contributed by atoms with van der Waals surface area (Å²) in [6.07, 6.45) is 3.81. The zero-order valence-corrected chi connectivity index (χ0v) is 7.67. The molecule has 0 radical (unpaired) electrons. The molecule has 3 unspecified atom stereocenters. The molecule has 0 aliphatic carbocycles. The van der Waals surface area contributed by atoms with Gasteiger partial charge in [-0.25, -0.2) is 0 Å². The monoisotopic (exact) mass is 158 g/mol. The molecule has 2 nitrogen and oxygen atoms in total. The van der Waals surface area contributed by atoms with Crippen molar-refractivity contribution in [2.24, 2.45) is 5.92 Å². The van der Waals surface area contributed by atoms with Gasteiger partial charge in [0.1, 0.15) is 0 Å². The van der Waals surface area contributed by atoms with Crippen LogP contribution in [0.5, 0.6) is 0 Å². The lowest BCUT2D eigenvalue weighted by atomic mass is 9.95. The second-order valence-electron chi connectivity index (χ2n) is 3.41. The molecule has 0 saturated carbocycles. The van der Waals surface area contributed by atoms with Crippen molar-refractivity contribution >= 4 is 0 Å². The predicted octanol–water partition coefficient (Wildman–Crippen LogP) is 2.18. The minimum absolute atomic E-state index is 0.0451. The van der Waals surface area contributed by atoms with Gasteiger partial charge in [-0.1, -0.05) is 13.8 Å². The Bertz CT molecular complexity index is 102. The Kier molecular flexibility index (Phi) is 3.34. The summed E-state index contributed by atoms with van der Waals surface area (Å²) in [5.41, 5.74) is 0. The molecule has 0 bridgehead atoms. The van der Waals surface area contributed by atoms with E-state index in [1.54, 1.807) is 7.11 Å². The van der Waals surface area contributed by atoms with E-state index in [-0.39, 0.29) is 6.29 Å². The fourth-order valence-corrected chi connectivity index (χ4v) is 1.61. The number of rotatable bonds is 2. The molecular weight excluding hydrogens is 140 g/mol. The van der Waals surface area contributed by atoms with Crippen LogP contribution < -0.4 is 0 Å². The van der Waals surface area contributed by atoms with Gasteiger partial charge in [0, 0.05) is 13.5 Å². The zero-order valence-electron chi connectivity index (χ0n) is 7.67. The first-order valence-corrected chi connectivity index (χ1v) is 4.44. The van der Waals surface area contributed by atoms with Crippen LogP contribution in [-0.2, 0) is 9.47 Å². The number of ether oxygens (including phenoxy) is 2. The van der Waals surface area contributed by atoms with Crippen molar-refractivity contribution in [3.8, 4) is 0 Å². The Labute approximate surface area is 68.9 Å². The quantitative estimate of drug-likeness (QED) is 0.613. The van der Waals surface area contributed by atoms with Gasteiger partial charge in [-0.3, -0.25) is 0 Å². The van der Waals surface area contributed by atoms with Crippen LogP contribution >= 0.6 is 0 Å². The highest BCUT2D eigenvalue weighted by Crippen LogP contribution is 2.26. The summed E-state index contributed by atoms with van der Waals surface area (Å²) >= 11 is 0. The molecule has 11 heavy (non-hydrogen) atoms. The Hall–Kier alpha value is -0.0800. The SMILES string of the molecule is CCC1CC(C)CC(OC)O1. The number of hydrogen-bond donors (Lipinski definition) is 0. The highest BCUT2D eigenvalue weighted by molar-refractivity contribution is 4.69. The molecule has 0 spiro atoms. The fraction of sp³-hybridized carbons (Fsp3) is 1.00. The fourth-order valence-electron chi connectivity index (χ4n) is 1.61. The predicted molar refractivity (Wildman–Crippen MR) is 44.4 cm³/mol. The molecule has 1 saturated heterocycles. The molecule has 1 fully saturated rings. The van der Waals surface area contributed by atoms with Gasteiger partial charge in [-0.15, -0.1) is 0 Å². The van der Waals surface area contributed by atoms with Crippen molar-refractivity contribution in [2.75, 3.05) is 7.11 Å². The lowest BCUT2D eigenvalue weighted by Gasteiger charge is -2.32. The molecule has 1 heterocycles. The third-order valence-corrected chi connectivity index (χ3v) is 2.32. The zero-order chi connectivity index (χ0) is 8.27. The average Bonchev–Trinajstić information content (AvgIpc) is 2.03. The van der Waals surface area contributed by atoms with E-state index in [0.29, 0.717) is 6.10 Å². The molecule has 1 rings (SSSR count). The maximum Gasteiger partial charge on any atom is 0.157 e. The first-order valence-electron chi connectivity index (χ1n) is 4.44. The van der Waals surface area contributed by atoms with Gasteiger partial charge in [-0.05, 0) is 18.8 Å². The van der Waals surface area contributed by atoms with Crippen molar-refractivity contribution in [3.05, 3.63) is 0 Å². The van der Waals surface area contributed by atoms with Crippen molar-refractivity contribution in [3.63, 3.8) is 0 Å². The second-order valence-corrected chi connectivity index (χ2v) is 3.41. The number of hydrogen-bond acceptors (Lipinski definition) is 2. The van der Waals surface area contributed by atoms with Crippen LogP contribution in [0.1, 0.15) is 33.1 Å². The van der Waals surface area contributed by atoms with Crippen LogP contribution in [-0.4, -0.2) is 19.5 Å². The Balaban J connectivity index is 2.37. The summed E-state index contributed by atoms with van der Waals surface area (Å²) in [5, 5.41) is 0. The second kappa shape index (κ2) is 4.07. The molecule has 0 aromatic heterocycles. The summed E-state index contributed by atoms with van der Waals surface area (Å²) < 4.78 is 10.8. The molecular formula is C9H18O2. The van der Waals surface area contributed by atoms with Gasteiger partial charge in [0.15, 0.2) is 6.29 Å². The topological polar surface area (TPSA) is 18.5 Å². The molecule has 2 heteroatoms. The molecule has 66 valence electrons.